The fourth-order valence-electron chi connectivity index (χ4n) is 4.25. The number of benzene rings is 1. The van der Waals surface area contributed by atoms with Crippen molar-refractivity contribution in [3.8, 4) is 5.75 Å². The maximum Gasteiger partial charge on any atom is 0.231 e. The Bertz CT molecular complexity index is 889. The molecule has 1 N–H and O–H groups in total. The number of nitrogens with zero attached hydrogens (tertiary/aromatic N) is 4. The quantitative estimate of drug-likeness (QED) is 0.829. The van der Waals surface area contributed by atoms with Crippen LogP contribution in [0, 0.1) is 19.3 Å². The number of anilines is 1. The molecule has 0 unspecified atom stereocenters. The number of hydrogen-bond donors (Lipinski definition) is 1. The lowest BCUT2D eigenvalue weighted by molar-refractivity contribution is -0.145. The topological polar surface area (TPSA) is 70.6 Å². The van der Waals surface area contributed by atoms with Gasteiger partial charge < -0.3 is 19.9 Å². The molecule has 2 aromatic rings. The number of piperazine rings is 1. The Morgan fingerprint density at radius 3 is 2.59 bits per heavy atom. The fourth-order valence-corrected chi connectivity index (χ4v) is 4.25. The molecular weight excluding hydrogens is 366 g/mol. The molecule has 2 aliphatic rings. The second-order valence-electron chi connectivity index (χ2n) is 8.10. The third kappa shape index (κ3) is 3.79. The van der Waals surface area contributed by atoms with Gasteiger partial charge in [0.2, 0.25) is 5.91 Å². The van der Waals surface area contributed by atoms with E-state index in [1.54, 1.807) is 13.4 Å². The van der Waals surface area contributed by atoms with Gasteiger partial charge in [-0.3, -0.25) is 4.79 Å². The van der Waals surface area contributed by atoms with Gasteiger partial charge in [0.25, 0.3) is 0 Å². The Labute approximate surface area is 172 Å². The van der Waals surface area contributed by atoms with Crippen LogP contribution in [0.1, 0.15) is 16.8 Å². The molecule has 29 heavy (non-hydrogen) atoms. The van der Waals surface area contributed by atoms with Crippen molar-refractivity contribution in [1.29, 1.82) is 0 Å². The third-order valence-corrected chi connectivity index (χ3v) is 6.23. The van der Waals surface area contributed by atoms with E-state index in [2.05, 4.69) is 33.2 Å². The molecule has 3 heterocycles. The van der Waals surface area contributed by atoms with Gasteiger partial charge in [-0.1, -0.05) is 12.1 Å². The second kappa shape index (κ2) is 7.99. The summed E-state index contributed by atoms with van der Waals surface area (Å²) in [6, 6.07) is 8.04. The van der Waals surface area contributed by atoms with Crippen LogP contribution in [-0.2, 0) is 11.2 Å². The van der Waals surface area contributed by atoms with E-state index in [0.717, 1.165) is 74.1 Å². The minimum atomic E-state index is -0.351. The smallest absolute Gasteiger partial charge is 0.231 e. The number of amides is 1. The zero-order chi connectivity index (χ0) is 20.4. The van der Waals surface area contributed by atoms with E-state index in [4.69, 9.17) is 4.74 Å². The van der Waals surface area contributed by atoms with Gasteiger partial charge in [-0.05, 0) is 38.0 Å². The summed E-state index contributed by atoms with van der Waals surface area (Å²) in [5.41, 5.74) is 2.91. The number of aryl methyl sites for hydroxylation is 1. The Morgan fingerprint density at radius 2 is 1.93 bits per heavy atom. The van der Waals surface area contributed by atoms with Crippen LogP contribution in [-0.4, -0.2) is 67.2 Å². The van der Waals surface area contributed by atoms with Crippen molar-refractivity contribution in [3.05, 3.63) is 47.4 Å². The molecule has 2 fully saturated rings. The Morgan fingerprint density at radius 1 is 1.17 bits per heavy atom. The van der Waals surface area contributed by atoms with E-state index >= 15 is 0 Å². The van der Waals surface area contributed by atoms with E-state index < -0.39 is 0 Å². The first kappa shape index (κ1) is 19.6. The summed E-state index contributed by atoms with van der Waals surface area (Å²) in [7, 11) is 1.67. The molecule has 154 valence electrons. The highest BCUT2D eigenvalue weighted by Gasteiger charge is 2.46. The van der Waals surface area contributed by atoms with E-state index in [9.17, 15) is 4.79 Å². The van der Waals surface area contributed by atoms with Crippen molar-refractivity contribution >= 4 is 11.7 Å². The molecule has 0 saturated carbocycles. The fraction of sp³-hybridized carbons (Fsp3) is 0.500. The molecule has 0 atom stereocenters. The highest BCUT2D eigenvalue weighted by atomic mass is 16.5. The van der Waals surface area contributed by atoms with Crippen LogP contribution >= 0.6 is 0 Å². The zero-order valence-electron chi connectivity index (χ0n) is 17.4. The highest BCUT2D eigenvalue weighted by Crippen LogP contribution is 2.32. The predicted molar refractivity (Wildman–Crippen MR) is 112 cm³/mol. The van der Waals surface area contributed by atoms with Gasteiger partial charge in [0.1, 0.15) is 17.9 Å². The minimum Gasteiger partial charge on any atom is -0.497 e. The number of nitrogens with one attached hydrogen (secondary N) is 1. The average molecular weight is 396 g/mol. The van der Waals surface area contributed by atoms with Crippen LogP contribution in [0.15, 0.2) is 30.6 Å². The molecule has 1 aromatic heterocycles. The van der Waals surface area contributed by atoms with Gasteiger partial charge in [-0.25, -0.2) is 9.97 Å². The molecule has 7 nitrogen and oxygen atoms in total. The van der Waals surface area contributed by atoms with Crippen LogP contribution in [0.2, 0.25) is 0 Å². The van der Waals surface area contributed by atoms with E-state index in [1.807, 2.05) is 30.0 Å². The molecule has 2 saturated heterocycles. The number of rotatable bonds is 5. The number of carbonyl (C=O) groups is 1. The summed E-state index contributed by atoms with van der Waals surface area (Å²) in [5.74, 6) is 2.08. The summed E-state index contributed by atoms with van der Waals surface area (Å²) in [4.78, 5) is 26.5. The molecule has 7 heteroatoms. The largest absolute Gasteiger partial charge is 0.497 e. The molecule has 2 aliphatic heterocycles. The molecule has 0 radical (unpaired) electrons. The standard InChI is InChI=1S/C22H29N5O2/c1-16-17(2)24-15-25-20(16)26-7-9-27(10-8-26)21(28)22(13-23-14-22)12-18-5-4-6-19(11-18)29-3/h4-6,11,15,23H,7-10,12-14H2,1-3H3. The lowest BCUT2D eigenvalue weighted by Crippen LogP contribution is -2.65. The normalized spacial score (nSPS) is 18.3. The van der Waals surface area contributed by atoms with Gasteiger partial charge in [0.05, 0.1) is 12.5 Å². The van der Waals surface area contributed by atoms with Gasteiger partial charge in [0.15, 0.2) is 0 Å². The van der Waals surface area contributed by atoms with Gasteiger partial charge in [-0.2, -0.15) is 0 Å². The number of ether oxygens (including phenoxy) is 1. The highest BCUT2D eigenvalue weighted by molar-refractivity contribution is 5.85. The minimum absolute atomic E-state index is 0.259. The van der Waals surface area contributed by atoms with Crippen molar-refractivity contribution in [3.63, 3.8) is 0 Å². The number of hydrogen-bond acceptors (Lipinski definition) is 6. The monoisotopic (exact) mass is 395 g/mol. The van der Waals surface area contributed by atoms with Crippen molar-refractivity contribution in [2.24, 2.45) is 5.41 Å². The first-order valence-corrected chi connectivity index (χ1v) is 10.2. The number of carbonyl (C=O) groups excluding carboxylic acids is 1. The molecule has 4 rings (SSSR count). The molecular formula is C22H29N5O2. The molecule has 0 bridgehead atoms. The lowest BCUT2D eigenvalue weighted by atomic mass is 9.75. The van der Waals surface area contributed by atoms with Gasteiger partial charge in [-0.15, -0.1) is 0 Å². The average Bonchev–Trinajstić information content (AvgIpc) is 2.72. The van der Waals surface area contributed by atoms with E-state index in [-0.39, 0.29) is 11.3 Å². The van der Waals surface area contributed by atoms with Crippen LogP contribution in [0.4, 0.5) is 5.82 Å². The lowest BCUT2D eigenvalue weighted by Gasteiger charge is -2.46. The third-order valence-electron chi connectivity index (χ3n) is 6.23. The Hall–Kier alpha value is -2.67. The first-order valence-electron chi connectivity index (χ1n) is 10.2. The zero-order valence-corrected chi connectivity index (χ0v) is 17.4. The van der Waals surface area contributed by atoms with Gasteiger partial charge >= 0.3 is 0 Å². The Kier molecular flexibility index (Phi) is 5.41. The van der Waals surface area contributed by atoms with E-state index in [1.165, 1.54) is 0 Å². The van der Waals surface area contributed by atoms with Gasteiger partial charge in [0, 0.05) is 50.5 Å². The molecule has 1 amide bonds. The van der Waals surface area contributed by atoms with Crippen LogP contribution in [0.25, 0.3) is 0 Å². The summed E-state index contributed by atoms with van der Waals surface area (Å²) in [6.07, 6.45) is 2.36. The first-order chi connectivity index (χ1) is 14.0. The summed E-state index contributed by atoms with van der Waals surface area (Å²) in [6.45, 7) is 8.57. The molecule has 1 aromatic carbocycles. The van der Waals surface area contributed by atoms with E-state index in [0.29, 0.717) is 0 Å². The summed E-state index contributed by atoms with van der Waals surface area (Å²) >= 11 is 0. The SMILES string of the molecule is COc1cccc(CC2(C(=O)N3CCN(c4ncnc(C)c4C)CC3)CNC2)c1. The Balaban J connectivity index is 1.43. The van der Waals surface area contributed by atoms with Crippen LogP contribution in [0.5, 0.6) is 5.75 Å². The van der Waals surface area contributed by atoms with Crippen molar-refractivity contribution in [1.82, 2.24) is 20.2 Å². The predicted octanol–water partition coefficient (Wildman–Crippen LogP) is 1.58. The van der Waals surface area contributed by atoms with Crippen molar-refractivity contribution in [2.45, 2.75) is 20.3 Å². The number of methoxy groups -OCH3 is 1. The maximum absolute atomic E-state index is 13.4. The molecule has 0 aliphatic carbocycles. The summed E-state index contributed by atoms with van der Waals surface area (Å²) < 4.78 is 5.34. The van der Waals surface area contributed by atoms with Crippen LogP contribution in [0.3, 0.4) is 0 Å². The van der Waals surface area contributed by atoms with Crippen molar-refractivity contribution < 1.29 is 9.53 Å². The van der Waals surface area contributed by atoms with Crippen molar-refractivity contribution in [2.75, 3.05) is 51.3 Å². The maximum atomic E-state index is 13.4. The molecule has 0 spiro atoms. The van der Waals surface area contributed by atoms with Crippen LogP contribution < -0.4 is 15.0 Å². The summed E-state index contributed by atoms with van der Waals surface area (Å²) in [5, 5.41) is 3.31. The number of aromatic nitrogens is 2. The second-order valence-corrected chi connectivity index (χ2v) is 8.10.